The van der Waals surface area contributed by atoms with E-state index < -0.39 is 5.66 Å². The molecule has 1 heterocycles. The van der Waals surface area contributed by atoms with E-state index in [1.807, 2.05) is 24.3 Å². The van der Waals surface area contributed by atoms with E-state index in [0.717, 1.165) is 22.7 Å². The Morgan fingerprint density at radius 2 is 1.74 bits per heavy atom. The van der Waals surface area contributed by atoms with Gasteiger partial charge in [-0.1, -0.05) is 60.1 Å². The average Bonchev–Trinajstić information content (AvgIpc) is 3.05. The summed E-state index contributed by atoms with van der Waals surface area (Å²) < 4.78 is 0. The highest BCUT2D eigenvalue weighted by atomic mass is 35.5. The van der Waals surface area contributed by atoms with Crippen molar-refractivity contribution in [2.24, 2.45) is 0 Å². The summed E-state index contributed by atoms with van der Waals surface area (Å²) in [5.74, 6) is 0. The number of anilines is 1. The van der Waals surface area contributed by atoms with Gasteiger partial charge in [0.05, 0.1) is 6.61 Å². The molecule has 1 fully saturated rings. The van der Waals surface area contributed by atoms with Crippen LogP contribution in [-0.4, -0.2) is 6.61 Å². The highest BCUT2D eigenvalue weighted by Crippen LogP contribution is 2.34. The Morgan fingerprint density at radius 3 is 2.52 bits per heavy atom. The lowest BCUT2D eigenvalue weighted by Gasteiger charge is -2.31. The quantitative estimate of drug-likeness (QED) is 0.733. The van der Waals surface area contributed by atoms with Crippen LogP contribution >= 0.6 is 11.6 Å². The molecule has 1 aliphatic rings. The fourth-order valence-electron chi connectivity index (χ4n) is 3.09. The Balaban J connectivity index is 1.78. The van der Waals surface area contributed by atoms with Crippen LogP contribution in [-0.2, 0) is 10.5 Å². The van der Waals surface area contributed by atoms with Gasteiger partial charge in [0.25, 0.3) is 0 Å². The van der Waals surface area contributed by atoms with Gasteiger partial charge in [0.2, 0.25) is 0 Å². The molecule has 3 aromatic rings. The van der Waals surface area contributed by atoms with Gasteiger partial charge in [-0.25, -0.2) is 0 Å². The summed E-state index contributed by atoms with van der Waals surface area (Å²) in [6.07, 6.45) is 0.831. The molecule has 4 rings (SSSR count). The van der Waals surface area contributed by atoms with Gasteiger partial charge in [0.15, 0.2) is 0 Å². The standard InChI is InChI=1S/C19H17ClN2O/c20-16-10-8-15(9-11-16)19(12-13-23-22-19)21-18-7-3-5-14-4-1-2-6-17(14)18/h1-11,21-22H,12-13H2/t19-/m1/s1. The average molecular weight is 325 g/mol. The third-order valence-electron chi connectivity index (χ3n) is 4.30. The predicted octanol–water partition coefficient (Wildman–Crippen LogP) is 4.68. The lowest BCUT2D eigenvalue weighted by Crippen LogP contribution is -2.43. The zero-order valence-electron chi connectivity index (χ0n) is 12.6. The van der Waals surface area contributed by atoms with E-state index in [0.29, 0.717) is 6.61 Å². The maximum absolute atomic E-state index is 6.03. The molecule has 0 aliphatic carbocycles. The lowest BCUT2D eigenvalue weighted by molar-refractivity contribution is 0.0679. The number of hydrogen-bond donors (Lipinski definition) is 2. The van der Waals surface area contributed by atoms with Crippen molar-refractivity contribution in [2.75, 3.05) is 11.9 Å². The molecule has 0 saturated carbocycles. The first-order valence-electron chi connectivity index (χ1n) is 7.68. The molecule has 0 radical (unpaired) electrons. The van der Waals surface area contributed by atoms with Gasteiger partial charge in [0.1, 0.15) is 5.66 Å². The summed E-state index contributed by atoms with van der Waals surface area (Å²) in [6, 6.07) is 22.5. The first kappa shape index (κ1) is 14.5. The van der Waals surface area contributed by atoms with Crippen LogP contribution in [0.25, 0.3) is 10.8 Å². The van der Waals surface area contributed by atoms with Crippen molar-refractivity contribution in [3.8, 4) is 0 Å². The molecule has 2 N–H and O–H groups in total. The topological polar surface area (TPSA) is 33.3 Å². The van der Waals surface area contributed by atoms with Gasteiger partial charge in [-0.3, -0.25) is 4.84 Å². The normalized spacial score (nSPS) is 20.7. The fourth-order valence-corrected chi connectivity index (χ4v) is 3.22. The van der Waals surface area contributed by atoms with E-state index >= 15 is 0 Å². The summed E-state index contributed by atoms with van der Waals surface area (Å²) in [5.41, 5.74) is 4.90. The summed E-state index contributed by atoms with van der Waals surface area (Å²) >= 11 is 6.03. The third kappa shape index (κ3) is 2.68. The summed E-state index contributed by atoms with van der Waals surface area (Å²) in [7, 11) is 0. The molecular weight excluding hydrogens is 308 g/mol. The Kier molecular flexibility index (Phi) is 3.69. The van der Waals surface area contributed by atoms with Crippen molar-refractivity contribution in [3.63, 3.8) is 0 Å². The summed E-state index contributed by atoms with van der Waals surface area (Å²) in [5, 5.41) is 6.79. The zero-order valence-corrected chi connectivity index (χ0v) is 13.3. The van der Waals surface area contributed by atoms with E-state index in [-0.39, 0.29) is 0 Å². The minimum absolute atomic E-state index is 0.450. The molecule has 0 aromatic heterocycles. The molecule has 3 nitrogen and oxygen atoms in total. The van der Waals surface area contributed by atoms with E-state index in [2.05, 4.69) is 53.3 Å². The molecular formula is C19H17ClN2O. The minimum Gasteiger partial charge on any atom is -0.361 e. The summed E-state index contributed by atoms with van der Waals surface area (Å²) in [6.45, 7) is 0.653. The van der Waals surface area contributed by atoms with Gasteiger partial charge < -0.3 is 5.32 Å². The lowest BCUT2D eigenvalue weighted by atomic mass is 9.96. The molecule has 0 bridgehead atoms. The van der Waals surface area contributed by atoms with E-state index in [1.54, 1.807) is 0 Å². The van der Waals surface area contributed by atoms with Crippen molar-refractivity contribution in [1.82, 2.24) is 5.48 Å². The molecule has 116 valence electrons. The zero-order chi connectivity index (χ0) is 15.7. The number of hydrogen-bond acceptors (Lipinski definition) is 3. The fraction of sp³-hybridized carbons (Fsp3) is 0.158. The number of halogens is 1. The van der Waals surface area contributed by atoms with Crippen molar-refractivity contribution >= 4 is 28.1 Å². The van der Waals surface area contributed by atoms with Crippen LogP contribution in [0.15, 0.2) is 66.7 Å². The maximum Gasteiger partial charge on any atom is 0.139 e. The van der Waals surface area contributed by atoms with Gasteiger partial charge in [-0.2, -0.15) is 5.48 Å². The molecule has 4 heteroatoms. The largest absolute Gasteiger partial charge is 0.361 e. The molecule has 3 aromatic carbocycles. The smallest absolute Gasteiger partial charge is 0.139 e. The number of hydroxylamine groups is 1. The summed E-state index contributed by atoms with van der Waals surface area (Å²) in [4.78, 5) is 5.48. The minimum atomic E-state index is -0.450. The molecule has 0 spiro atoms. The van der Waals surface area contributed by atoms with Crippen LogP contribution in [0.4, 0.5) is 5.69 Å². The number of rotatable bonds is 3. The van der Waals surface area contributed by atoms with Crippen LogP contribution in [0.5, 0.6) is 0 Å². The van der Waals surface area contributed by atoms with Gasteiger partial charge in [-0.15, -0.1) is 0 Å². The van der Waals surface area contributed by atoms with Crippen LogP contribution in [0.2, 0.25) is 5.02 Å². The van der Waals surface area contributed by atoms with Gasteiger partial charge in [-0.05, 0) is 29.1 Å². The second-order valence-corrected chi connectivity index (χ2v) is 6.20. The second kappa shape index (κ2) is 5.85. The molecule has 23 heavy (non-hydrogen) atoms. The third-order valence-corrected chi connectivity index (χ3v) is 4.55. The number of nitrogens with one attached hydrogen (secondary N) is 2. The molecule has 1 atom stereocenters. The van der Waals surface area contributed by atoms with Crippen LogP contribution in [0.3, 0.4) is 0 Å². The molecule has 1 aliphatic heterocycles. The Bertz CT molecular complexity index is 821. The molecule has 0 amide bonds. The van der Waals surface area contributed by atoms with Crippen LogP contribution in [0.1, 0.15) is 12.0 Å². The maximum atomic E-state index is 6.03. The first-order valence-corrected chi connectivity index (χ1v) is 8.06. The van der Waals surface area contributed by atoms with E-state index in [9.17, 15) is 0 Å². The molecule has 0 unspecified atom stereocenters. The SMILES string of the molecule is Clc1ccc([C@@]2(Nc3cccc4ccccc34)CCON2)cc1. The van der Waals surface area contributed by atoms with Crippen molar-refractivity contribution in [3.05, 3.63) is 77.3 Å². The number of fused-ring (bicyclic) bond motifs is 1. The van der Waals surface area contributed by atoms with Gasteiger partial charge >= 0.3 is 0 Å². The van der Waals surface area contributed by atoms with Crippen molar-refractivity contribution in [1.29, 1.82) is 0 Å². The highest BCUT2D eigenvalue weighted by molar-refractivity contribution is 6.30. The van der Waals surface area contributed by atoms with Gasteiger partial charge in [0, 0.05) is 22.5 Å². The first-order chi connectivity index (χ1) is 11.3. The van der Waals surface area contributed by atoms with Crippen molar-refractivity contribution < 1.29 is 4.84 Å². The predicted molar refractivity (Wildman–Crippen MR) is 94.4 cm³/mol. The Hall–Kier alpha value is -2.07. The van der Waals surface area contributed by atoms with E-state index in [4.69, 9.17) is 16.4 Å². The Labute approximate surface area is 140 Å². The Morgan fingerprint density at radius 1 is 0.957 bits per heavy atom. The van der Waals surface area contributed by atoms with Crippen LogP contribution in [0, 0.1) is 0 Å². The molecule has 1 saturated heterocycles. The monoisotopic (exact) mass is 324 g/mol. The van der Waals surface area contributed by atoms with Crippen molar-refractivity contribution in [2.45, 2.75) is 12.1 Å². The van der Waals surface area contributed by atoms with Crippen LogP contribution < -0.4 is 10.8 Å². The highest BCUT2D eigenvalue weighted by Gasteiger charge is 2.36. The second-order valence-electron chi connectivity index (χ2n) is 5.76. The number of benzene rings is 3. The van der Waals surface area contributed by atoms with E-state index in [1.165, 1.54) is 10.8 Å².